The fraction of sp³-hybridized carbons (Fsp3) is 0.0526. The van der Waals surface area contributed by atoms with Gasteiger partial charge >= 0.3 is 0 Å². The Balaban J connectivity index is 2.27. The van der Waals surface area contributed by atoms with Gasteiger partial charge in [0.15, 0.2) is 0 Å². The molecule has 0 aliphatic rings. The molecule has 1 amide bonds. The Labute approximate surface area is 145 Å². The number of hydrogen-bond acceptors (Lipinski definition) is 3. The number of rotatable bonds is 5. The van der Waals surface area contributed by atoms with Gasteiger partial charge in [-0.15, -0.1) is 6.42 Å². The summed E-state index contributed by atoms with van der Waals surface area (Å²) in [5.41, 5.74) is 0.937. The Kier molecular flexibility index (Phi) is 6.02. The summed E-state index contributed by atoms with van der Waals surface area (Å²) in [7, 11) is 0. The zero-order valence-corrected chi connectivity index (χ0v) is 13.4. The van der Waals surface area contributed by atoms with Crippen molar-refractivity contribution in [2.24, 2.45) is 0 Å². The number of anilines is 1. The molecule has 2 aromatic rings. The number of ether oxygens (including phenoxy) is 1. The molecule has 0 saturated heterocycles. The summed E-state index contributed by atoms with van der Waals surface area (Å²) in [5.74, 6) is 2.31. The Morgan fingerprint density at radius 3 is 2.67 bits per heavy atom. The number of nitriles is 1. The lowest BCUT2D eigenvalue weighted by Gasteiger charge is -2.08. The molecule has 0 atom stereocenters. The molecule has 0 fully saturated rings. The monoisotopic (exact) mass is 336 g/mol. The number of terminal acetylenes is 1. The Hall–Kier alpha value is -3.21. The van der Waals surface area contributed by atoms with Crippen molar-refractivity contribution in [1.82, 2.24) is 0 Å². The lowest BCUT2D eigenvalue weighted by molar-refractivity contribution is -0.112. The maximum atomic E-state index is 12.3. The lowest BCUT2D eigenvalue weighted by atomic mass is 10.1. The molecule has 0 aliphatic heterocycles. The molecule has 0 aromatic heterocycles. The molecule has 2 aromatic carbocycles. The molecule has 1 N–H and O–H groups in total. The topological polar surface area (TPSA) is 62.1 Å². The second kappa shape index (κ2) is 8.43. The predicted molar refractivity (Wildman–Crippen MR) is 94.4 cm³/mol. The molecule has 2 rings (SSSR count). The third-order valence-electron chi connectivity index (χ3n) is 3.02. The fourth-order valence-corrected chi connectivity index (χ4v) is 2.09. The molecule has 0 unspecified atom stereocenters. The highest BCUT2D eigenvalue weighted by Crippen LogP contribution is 2.23. The molecule has 118 valence electrons. The number of amides is 1. The van der Waals surface area contributed by atoms with Gasteiger partial charge < -0.3 is 10.1 Å². The number of carbonyl (C=O) groups is 1. The minimum Gasteiger partial charge on any atom is -0.480 e. The summed E-state index contributed by atoms with van der Waals surface area (Å²) in [6, 6.07) is 15.7. The second-order valence-corrected chi connectivity index (χ2v) is 5.04. The maximum Gasteiger partial charge on any atom is 0.266 e. The van der Waals surface area contributed by atoms with Crippen molar-refractivity contribution in [3.05, 3.63) is 64.7 Å². The van der Waals surface area contributed by atoms with Crippen LogP contribution in [0.15, 0.2) is 54.1 Å². The minimum absolute atomic E-state index is 0.0772. The highest BCUT2D eigenvalue weighted by Gasteiger charge is 2.12. The molecule has 24 heavy (non-hydrogen) atoms. The van der Waals surface area contributed by atoms with Crippen molar-refractivity contribution in [3.63, 3.8) is 0 Å². The van der Waals surface area contributed by atoms with Gasteiger partial charge in [0.2, 0.25) is 0 Å². The number of carbonyl (C=O) groups excluding carboxylic acids is 1. The van der Waals surface area contributed by atoms with E-state index in [9.17, 15) is 10.1 Å². The number of hydrogen-bond donors (Lipinski definition) is 1. The first-order chi connectivity index (χ1) is 11.7. The predicted octanol–water partition coefficient (Wildman–Crippen LogP) is 3.90. The first-order valence-electron chi connectivity index (χ1n) is 6.98. The molecule has 0 saturated carbocycles. The van der Waals surface area contributed by atoms with Crippen molar-refractivity contribution >= 4 is 29.3 Å². The molecule has 0 spiro atoms. The van der Waals surface area contributed by atoms with Crippen molar-refractivity contribution in [2.45, 2.75) is 0 Å². The third-order valence-corrected chi connectivity index (χ3v) is 3.35. The van der Waals surface area contributed by atoms with E-state index < -0.39 is 5.91 Å². The quantitative estimate of drug-likeness (QED) is 0.511. The smallest absolute Gasteiger partial charge is 0.266 e. The van der Waals surface area contributed by atoms with Crippen LogP contribution in [0.4, 0.5) is 5.69 Å². The standard InChI is InChI=1S/C19H13ClN2O2/c1-2-11-24-18-10-6-3-7-14(18)12-15(13-21)19(23)22-17-9-5-4-8-16(17)20/h1,3-10,12H,11H2,(H,22,23)/b15-12+. The molecule has 5 heteroatoms. The van der Waals surface area contributed by atoms with Crippen LogP contribution in [0, 0.1) is 23.7 Å². The molecule has 0 radical (unpaired) electrons. The van der Waals surface area contributed by atoms with E-state index in [4.69, 9.17) is 22.8 Å². The zero-order valence-electron chi connectivity index (χ0n) is 12.6. The van der Waals surface area contributed by atoms with Crippen LogP contribution in [0.25, 0.3) is 6.08 Å². The summed E-state index contributed by atoms with van der Waals surface area (Å²) in [6.45, 7) is 0.0958. The largest absolute Gasteiger partial charge is 0.480 e. The van der Waals surface area contributed by atoms with Crippen LogP contribution < -0.4 is 10.1 Å². The summed E-state index contributed by atoms with van der Waals surface area (Å²) >= 11 is 6.00. The van der Waals surface area contributed by atoms with Gasteiger partial charge in [0.05, 0.1) is 10.7 Å². The highest BCUT2D eigenvalue weighted by atomic mass is 35.5. The number of halogens is 1. The van der Waals surface area contributed by atoms with Gasteiger partial charge in [-0.1, -0.05) is 47.9 Å². The van der Waals surface area contributed by atoms with Gasteiger partial charge in [0.1, 0.15) is 24.0 Å². The van der Waals surface area contributed by atoms with E-state index in [0.29, 0.717) is 22.0 Å². The van der Waals surface area contributed by atoms with Crippen molar-refractivity contribution in [3.8, 4) is 24.2 Å². The van der Waals surface area contributed by atoms with E-state index in [1.165, 1.54) is 6.08 Å². The van der Waals surface area contributed by atoms with Gasteiger partial charge in [-0.2, -0.15) is 5.26 Å². The fourth-order valence-electron chi connectivity index (χ4n) is 1.91. The molecule has 0 aliphatic carbocycles. The van der Waals surface area contributed by atoms with Crippen LogP contribution in [-0.4, -0.2) is 12.5 Å². The molecular formula is C19H13ClN2O2. The van der Waals surface area contributed by atoms with E-state index in [-0.39, 0.29) is 12.2 Å². The van der Waals surface area contributed by atoms with Crippen LogP contribution in [0.5, 0.6) is 5.75 Å². The third kappa shape index (κ3) is 4.39. The summed E-state index contributed by atoms with van der Waals surface area (Å²) < 4.78 is 5.41. The SMILES string of the molecule is C#CCOc1ccccc1/C=C(\C#N)C(=O)Nc1ccccc1Cl. The summed E-state index contributed by atoms with van der Waals surface area (Å²) in [5, 5.41) is 12.3. The first kappa shape index (κ1) is 17.1. The van der Waals surface area contributed by atoms with Crippen LogP contribution in [0.3, 0.4) is 0 Å². The number of nitrogens with one attached hydrogen (secondary N) is 1. The van der Waals surface area contributed by atoms with Gasteiger partial charge in [0, 0.05) is 5.56 Å². The lowest BCUT2D eigenvalue weighted by Crippen LogP contribution is -2.13. The van der Waals surface area contributed by atoms with Gasteiger partial charge in [-0.25, -0.2) is 0 Å². The van der Waals surface area contributed by atoms with Gasteiger partial charge in [0.25, 0.3) is 5.91 Å². The van der Waals surface area contributed by atoms with Crippen LogP contribution >= 0.6 is 11.6 Å². The van der Waals surface area contributed by atoms with E-state index in [2.05, 4.69) is 11.2 Å². The van der Waals surface area contributed by atoms with E-state index >= 15 is 0 Å². The van der Waals surface area contributed by atoms with E-state index in [1.807, 2.05) is 6.07 Å². The normalized spacial score (nSPS) is 10.4. The van der Waals surface area contributed by atoms with Crippen LogP contribution in [0.1, 0.15) is 5.56 Å². The van der Waals surface area contributed by atoms with Crippen molar-refractivity contribution in [1.29, 1.82) is 5.26 Å². The Morgan fingerprint density at radius 1 is 1.25 bits per heavy atom. The van der Waals surface area contributed by atoms with Crippen LogP contribution in [-0.2, 0) is 4.79 Å². The van der Waals surface area contributed by atoms with E-state index in [1.54, 1.807) is 48.5 Å². The molecule has 0 heterocycles. The summed E-state index contributed by atoms with van der Waals surface area (Å²) in [6.07, 6.45) is 6.63. The van der Waals surface area contributed by atoms with Gasteiger partial charge in [-0.05, 0) is 24.3 Å². The van der Waals surface area contributed by atoms with Gasteiger partial charge in [-0.3, -0.25) is 4.79 Å². The van der Waals surface area contributed by atoms with Crippen molar-refractivity contribution < 1.29 is 9.53 Å². The van der Waals surface area contributed by atoms with E-state index in [0.717, 1.165) is 0 Å². The van der Waals surface area contributed by atoms with Crippen molar-refractivity contribution in [2.75, 3.05) is 11.9 Å². The average molecular weight is 337 g/mol. The summed E-state index contributed by atoms with van der Waals surface area (Å²) in [4.78, 5) is 12.3. The van der Waals surface area contributed by atoms with Crippen LogP contribution in [0.2, 0.25) is 5.02 Å². The molecule has 4 nitrogen and oxygen atoms in total. The molecular weight excluding hydrogens is 324 g/mol. The highest BCUT2D eigenvalue weighted by molar-refractivity contribution is 6.34. The Morgan fingerprint density at radius 2 is 1.96 bits per heavy atom. The minimum atomic E-state index is -0.558. The second-order valence-electron chi connectivity index (χ2n) is 4.63. The number of benzene rings is 2. The maximum absolute atomic E-state index is 12.3. The Bertz CT molecular complexity index is 860. The first-order valence-corrected chi connectivity index (χ1v) is 7.36. The number of para-hydroxylation sites is 2. The zero-order chi connectivity index (χ0) is 17.4. The average Bonchev–Trinajstić information content (AvgIpc) is 2.60. The number of nitrogens with zero attached hydrogens (tertiary/aromatic N) is 1. The molecule has 0 bridgehead atoms.